The SMILES string of the molecule is CC(=O)N[C@H]1[C@H](O[C@H]2[C@@H](O)[C@H](O)[C@@H](CO)O[C@@H]2O)O[C@H](CO)[C@@H](O[C@@H]2O[C@H](CO[C@]3(C(=O)O)C[C@H](O)[C@@H](NC(=O)CO)[C@H]([C@H](O)[C@H](O)CO)O3)[C@H](O)[C@H](O)[C@H]2O)[C@@H]1O. The number of aliphatic carboxylic acids is 1. The highest BCUT2D eigenvalue weighted by atomic mass is 16.8. The third-order valence-electron chi connectivity index (χ3n) is 10.1. The van der Waals surface area contributed by atoms with Gasteiger partial charge in [-0.1, -0.05) is 0 Å². The molecule has 0 bridgehead atoms. The van der Waals surface area contributed by atoms with E-state index in [9.17, 15) is 85.9 Å². The molecule has 4 fully saturated rings. The average molecular weight is 853 g/mol. The van der Waals surface area contributed by atoms with Crippen LogP contribution in [0.25, 0.3) is 0 Å². The van der Waals surface area contributed by atoms with Gasteiger partial charge in [0.05, 0.1) is 38.6 Å². The maximum atomic E-state index is 12.6. The molecule has 0 unspecified atom stereocenters. The summed E-state index contributed by atoms with van der Waals surface area (Å²) in [6.07, 6.45) is -35.9. The van der Waals surface area contributed by atoms with E-state index in [-0.39, 0.29) is 0 Å². The number of aliphatic hydroxyl groups is 14. The van der Waals surface area contributed by atoms with E-state index in [1.807, 2.05) is 0 Å². The zero-order valence-corrected chi connectivity index (χ0v) is 30.6. The summed E-state index contributed by atoms with van der Waals surface area (Å²) in [5, 5.41) is 159. The zero-order chi connectivity index (χ0) is 43.4. The lowest BCUT2D eigenvalue weighted by Gasteiger charge is -2.49. The fourth-order valence-electron chi connectivity index (χ4n) is 6.93. The Kier molecular flexibility index (Phi) is 17.0. The standard InChI is InChI=1S/C31H52N2O25/c1-8(38)32-16-20(45)24(12(5-36)54-28(16)57-26-22(47)18(43)11(4-35)53-27(26)49)56-29-23(48)21(46)19(44)13(55-29)7-52-31(30(50)51)2-9(39)15(33-14(41)6-37)25(58-31)17(42)10(40)3-34/h9-13,15-29,34-37,39-40,42-49H,2-7H2,1H3,(H,32,38)(H,33,41)(H,50,51)/t9-,10+,11+,12+,13+,15+,16+,17+,18+,19-,20+,21-,22-,23+,24+,25+,26-,27-,28-,29-,31+/m0/s1. The van der Waals surface area contributed by atoms with Crippen molar-refractivity contribution in [3.63, 3.8) is 0 Å². The molecule has 0 spiro atoms. The summed E-state index contributed by atoms with van der Waals surface area (Å²) < 4.78 is 38.6. The summed E-state index contributed by atoms with van der Waals surface area (Å²) in [7, 11) is 0. The Morgan fingerprint density at radius 2 is 1.33 bits per heavy atom. The van der Waals surface area contributed by atoms with Crippen LogP contribution in [0.2, 0.25) is 0 Å². The second-order valence-corrected chi connectivity index (χ2v) is 14.1. The summed E-state index contributed by atoms with van der Waals surface area (Å²) in [5.74, 6) is -6.86. The van der Waals surface area contributed by atoms with Gasteiger partial charge in [0, 0.05) is 13.3 Å². The second kappa shape index (κ2) is 20.4. The molecule has 58 heavy (non-hydrogen) atoms. The Balaban J connectivity index is 1.54. The lowest BCUT2D eigenvalue weighted by Crippen LogP contribution is -2.69. The third kappa shape index (κ3) is 10.4. The molecule has 27 nitrogen and oxygen atoms in total. The molecule has 0 saturated carbocycles. The molecule has 0 aliphatic carbocycles. The highest BCUT2D eigenvalue weighted by molar-refractivity contribution is 5.78. The predicted molar refractivity (Wildman–Crippen MR) is 176 cm³/mol. The van der Waals surface area contributed by atoms with Crippen LogP contribution in [0.5, 0.6) is 0 Å². The molecule has 0 aromatic heterocycles. The number of carbonyl (C=O) groups excluding carboxylic acids is 2. The monoisotopic (exact) mass is 852 g/mol. The van der Waals surface area contributed by atoms with E-state index in [2.05, 4.69) is 10.6 Å². The fourth-order valence-corrected chi connectivity index (χ4v) is 6.93. The van der Waals surface area contributed by atoms with Crippen LogP contribution in [0.15, 0.2) is 0 Å². The number of hydrogen-bond acceptors (Lipinski definition) is 24. The minimum Gasteiger partial charge on any atom is -0.477 e. The first-order valence-corrected chi connectivity index (χ1v) is 17.9. The molecular weight excluding hydrogens is 800 g/mol. The highest BCUT2D eigenvalue weighted by Gasteiger charge is 2.58. The Morgan fingerprint density at radius 3 is 1.90 bits per heavy atom. The van der Waals surface area contributed by atoms with Crippen molar-refractivity contribution in [2.75, 3.05) is 33.0 Å². The van der Waals surface area contributed by atoms with Gasteiger partial charge in [-0.2, -0.15) is 0 Å². The Hall–Kier alpha value is -2.43. The van der Waals surface area contributed by atoms with Crippen LogP contribution in [-0.4, -0.2) is 256 Å². The number of carboxylic acid groups (broad SMARTS) is 1. The normalized spacial score (nSPS) is 44.5. The number of amides is 2. The van der Waals surface area contributed by atoms with Crippen molar-refractivity contribution < 1.29 is 124 Å². The Morgan fingerprint density at radius 1 is 0.724 bits per heavy atom. The predicted octanol–water partition coefficient (Wildman–Crippen LogP) is -11.3. The molecule has 336 valence electrons. The van der Waals surface area contributed by atoms with E-state index in [1.54, 1.807) is 0 Å². The number of carbonyl (C=O) groups is 3. The minimum absolute atomic E-state index is 0.805. The van der Waals surface area contributed by atoms with Crippen molar-refractivity contribution in [1.29, 1.82) is 0 Å². The largest absolute Gasteiger partial charge is 0.477 e. The average Bonchev–Trinajstić information content (AvgIpc) is 3.19. The van der Waals surface area contributed by atoms with Gasteiger partial charge < -0.3 is 120 Å². The number of rotatable bonds is 16. The van der Waals surface area contributed by atoms with Gasteiger partial charge in [0.15, 0.2) is 18.9 Å². The van der Waals surface area contributed by atoms with E-state index in [0.717, 1.165) is 6.92 Å². The quantitative estimate of drug-likeness (QED) is 0.0685. The van der Waals surface area contributed by atoms with Crippen LogP contribution in [0.3, 0.4) is 0 Å². The molecule has 27 heteroatoms. The Labute approximate surface area is 327 Å². The van der Waals surface area contributed by atoms with Crippen LogP contribution in [0, 0.1) is 0 Å². The molecule has 0 radical (unpaired) electrons. The third-order valence-corrected chi connectivity index (χ3v) is 10.1. The fraction of sp³-hybridized carbons (Fsp3) is 0.903. The number of ether oxygens (including phenoxy) is 7. The molecule has 0 aromatic carbocycles. The van der Waals surface area contributed by atoms with Crippen LogP contribution < -0.4 is 10.6 Å². The van der Waals surface area contributed by atoms with Crippen LogP contribution >= 0.6 is 0 Å². The zero-order valence-electron chi connectivity index (χ0n) is 30.6. The van der Waals surface area contributed by atoms with Gasteiger partial charge in [0.2, 0.25) is 11.8 Å². The highest BCUT2D eigenvalue weighted by Crippen LogP contribution is 2.36. The van der Waals surface area contributed by atoms with Gasteiger partial charge in [-0.15, -0.1) is 0 Å². The van der Waals surface area contributed by atoms with Crippen molar-refractivity contribution in [2.45, 2.75) is 142 Å². The second-order valence-electron chi connectivity index (χ2n) is 14.1. The van der Waals surface area contributed by atoms with Crippen molar-refractivity contribution in [3.05, 3.63) is 0 Å². The first-order chi connectivity index (χ1) is 27.2. The summed E-state index contributed by atoms with van der Waals surface area (Å²) >= 11 is 0. The van der Waals surface area contributed by atoms with Gasteiger partial charge in [0.1, 0.15) is 98.1 Å². The molecule has 4 saturated heterocycles. The van der Waals surface area contributed by atoms with Gasteiger partial charge >= 0.3 is 5.97 Å². The molecule has 4 aliphatic heterocycles. The molecular formula is C31H52N2O25. The topological polar surface area (TPSA) is 443 Å². The number of hydrogen-bond donors (Lipinski definition) is 17. The maximum Gasteiger partial charge on any atom is 0.364 e. The van der Waals surface area contributed by atoms with E-state index >= 15 is 0 Å². The van der Waals surface area contributed by atoms with Crippen molar-refractivity contribution in [1.82, 2.24) is 10.6 Å². The van der Waals surface area contributed by atoms with Crippen molar-refractivity contribution in [3.8, 4) is 0 Å². The first kappa shape index (κ1) is 48.2. The minimum atomic E-state index is -2.98. The van der Waals surface area contributed by atoms with Crippen LogP contribution in [0.1, 0.15) is 13.3 Å². The Bertz CT molecular complexity index is 1370. The molecule has 0 aromatic rings. The van der Waals surface area contributed by atoms with Crippen LogP contribution in [0.4, 0.5) is 0 Å². The van der Waals surface area contributed by atoms with Gasteiger partial charge in [-0.3, -0.25) is 9.59 Å². The van der Waals surface area contributed by atoms with Crippen LogP contribution in [-0.2, 0) is 47.5 Å². The molecule has 4 heterocycles. The van der Waals surface area contributed by atoms with E-state index in [4.69, 9.17) is 38.3 Å². The summed E-state index contributed by atoms with van der Waals surface area (Å²) in [6.45, 7) is -4.10. The lowest BCUT2D eigenvalue weighted by atomic mass is 9.88. The van der Waals surface area contributed by atoms with E-state index < -0.39 is 186 Å². The van der Waals surface area contributed by atoms with Gasteiger partial charge in [-0.25, -0.2) is 4.79 Å². The molecule has 2 amide bonds. The molecule has 4 rings (SSSR count). The van der Waals surface area contributed by atoms with Gasteiger partial charge in [-0.05, 0) is 0 Å². The number of nitrogens with one attached hydrogen (secondary N) is 2. The van der Waals surface area contributed by atoms with Crippen molar-refractivity contribution >= 4 is 17.8 Å². The molecule has 17 N–H and O–H groups in total. The van der Waals surface area contributed by atoms with Crippen molar-refractivity contribution in [2.24, 2.45) is 0 Å². The number of aliphatic hydroxyl groups excluding tert-OH is 14. The molecule has 21 atom stereocenters. The van der Waals surface area contributed by atoms with E-state index in [1.165, 1.54) is 0 Å². The van der Waals surface area contributed by atoms with Gasteiger partial charge in [0.25, 0.3) is 5.79 Å². The lowest BCUT2D eigenvalue weighted by molar-refractivity contribution is -0.373. The first-order valence-electron chi connectivity index (χ1n) is 17.9. The summed E-state index contributed by atoms with van der Waals surface area (Å²) in [6, 6.07) is -3.37. The smallest absolute Gasteiger partial charge is 0.364 e. The van der Waals surface area contributed by atoms with E-state index in [0.29, 0.717) is 0 Å². The summed E-state index contributed by atoms with van der Waals surface area (Å²) in [4.78, 5) is 36.7. The molecule has 4 aliphatic rings. The summed E-state index contributed by atoms with van der Waals surface area (Å²) in [5.41, 5.74) is 0. The number of carboxylic acids is 1. The maximum absolute atomic E-state index is 12.6.